The van der Waals surface area contributed by atoms with Crippen molar-refractivity contribution in [3.63, 3.8) is 0 Å². The molecule has 5 nitrogen and oxygen atoms in total. The molecule has 19 heavy (non-hydrogen) atoms. The Morgan fingerprint density at radius 2 is 2.16 bits per heavy atom. The minimum Gasteiger partial charge on any atom is -0.388 e. The van der Waals surface area contributed by atoms with Crippen LogP contribution in [0.1, 0.15) is 30.6 Å². The summed E-state index contributed by atoms with van der Waals surface area (Å²) in [5, 5.41) is 14.6. The van der Waals surface area contributed by atoms with Gasteiger partial charge in [0.15, 0.2) is 0 Å². The second kappa shape index (κ2) is 4.61. The van der Waals surface area contributed by atoms with E-state index in [0.29, 0.717) is 6.54 Å². The van der Waals surface area contributed by atoms with Gasteiger partial charge in [0, 0.05) is 11.4 Å². The summed E-state index contributed by atoms with van der Waals surface area (Å²) in [7, 11) is 0. The monoisotopic (exact) mass is 278 g/mol. The summed E-state index contributed by atoms with van der Waals surface area (Å²) in [5.74, 6) is 1.00. The van der Waals surface area contributed by atoms with E-state index in [1.54, 1.807) is 11.3 Å². The lowest BCUT2D eigenvalue weighted by molar-refractivity contribution is 0.0614. The largest absolute Gasteiger partial charge is 0.388 e. The van der Waals surface area contributed by atoms with Crippen LogP contribution in [-0.4, -0.2) is 27.2 Å². The molecular formula is C13H18N4OS. The zero-order valence-electron chi connectivity index (χ0n) is 10.9. The summed E-state index contributed by atoms with van der Waals surface area (Å²) in [6.07, 6.45) is 3.90. The minimum absolute atomic E-state index is 0.273. The average Bonchev–Trinajstić information content (AvgIpc) is 2.92. The molecule has 3 rings (SSSR count). The van der Waals surface area contributed by atoms with Crippen molar-refractivity contribution in [3.05, 3.63) is 10.9 Å². The predicted molar refractivity (Wildman–Crippen MR) is 78.5 cm³/mol. The van der Waals surface area contributed by atoms with Gasteiger partial charge >= 0.3 is 0 Å². The molecule has 4 N–H and O–H groups in total. The van der Waals surface area contributed by atoms with E-state index in [4.69, 9.17) is 5.73 Å². The number of aromatic nitrogens is 2. The normalized spacial score (nSPS) is 18.0. The third-order valence-electron chi connectivity index (χ3n) is 3.65. The molecule has 0 unspecified atom stereocenters. The highest BCUT2D eigenvalue weighted by molar-refractivity contribution is 7.18. The SMILES string of the molecule is Cc1cc2c(NCC3(O)CCCC3)nc(N)nc2s1. The molecule has 0 amide bonds. The summed E-state index contributed by atoms with van der Waals surface area (Å²) in [6, 6.07) is 2.06. The van der Waals surface area contributed by atoms with Gasteiger partial charge in [-0.05, 0) is 25.8 Å². The summed E-state index contributed by atoms with van der Waals surface area (Å²) in [5.41, 5.74) is 5.13. The van der Waals surface area contributed by atoms with Gasteiger partial charge in [-0.3, -0.25) is 0 Å². The Kier molecular flexibility index (Phi) is 3.06. The fourth-order valence-corrected chi connectivity index (χ4v) is 3.54. The van der Waals surface area contributed by atoms with Gasteiger partial charge < -0.3 is 16.2 Å². The predicted octanol–water partition coefficient (Wildman–Crippen LogP) is 2.30. The lowest BCUT2D eigenvalue weighted by atomic mass is 10.0. The number of fused-ring (bicyclic) bond motifs is 1. The number of thiophene rings is 1. The van der Waals surface area contributed by atoms with Gasteiger partial charge in [0.25, 0.3) is 0 Å². The molecule has 0 atom stereocenters. The first kappa shape index (κ1) is 12.6. The van der Waals surface area contributed by atoms with Crippen molar-refractivity contribution < 1.29 is 5.11 Å². The van der Waals surface area contributed by atoms with Crippen LogP contribution in [0.3, 0.4) is 0 Å². The first-order valence-electron chi connectivity index (χ1n) is 6.56. The van der Waals surface area contributed by atoms with Crippen molar-refractivity contribution in [2.45, 2.75) is 38.2 Å². The molecule has 1 aliphatic rings. The molecule has 2 aromatic rings. The van der Waals surface area contributed by atoms with E-state index in [0.717, 1.165) is 41.7 Å². The molecule has 1 aliphatic carbocycles. The molecule has 0 saturated heterocycles. The first-order chi connectivity index (χ1) is 9.06. The third kappa shape index (κ3) is 2.50. The number of hydrogen-bond acceptors (Lipinski definition) is 6. The molecule has 2 aromatic heterocycles. The molecule has 6 heteroatoms. The Bertz CT molecular complexity index is 604. The van der Waals surface area contributed by atoms with Crippen molar-refractivity contribution in [2.24, 2.45) is 0 Å². The van der Waals surface area contributed by atoms with Crippen LogP contribution < -0.4 is 11.1 Å². The van der Waals surface area contributed by atoms with Crippen LogP contribution in [0, 0.1) is 6.92 Å². The van der Waals surface area contributed by atoms with Crippen molar-refractivity contribution in [3.8, 4) is 0 Å². The molecule has 2 heterocycles. The van der Waals surface area contributed by atoms with Crippen LogP contribution in [0.2, 0.25) is 0 Å². The number of nitrogens with one attached hydrogen (secondary N) is 1. The number of aliphatic hydroxyl groups is 1. The average molecular weight is 278 g/mol. The van der Waals surface area contributed by atoms with Crippen molar-refractivity contribution >= 4 is 33.3 Å². The number of aryl methyl sites for hydroxylation is 1. The zero-order chi connectivity index (χ0) is 13.5. The van der Waals surface area contributed by atoms with Gasteiger partial charge in [0.1, 0.15) is 10.6 Å². The summed E-state index contributed by atoms with van der Waals surface area (Å²) >= 11 is 1.60. The maximum Gasteiger partial charge on any atom is 0.223 e. The summed E-state index contributed by atoms with van der Waals surface area (Å²) < 4.78 is 0. The highest BCUT2D eigenvalue weighted by Crippen LogP contribution is 2.32. The molecule has 0 radical (unpaired) electrons. The maximum atomic E-state index is 10.4. The molecule has 0 aliphatic heterocycles. The van der Waals surface area contributed by atoms with Crippen LogP contribution in [0.15, 0.2) is 6.07 Å². The van der Waals surface area contributed by atoms with E-state index in [-0.39, 0.29) is 5.95 Å². The fourth-order valence-electron chi connectivity index (χ4n) is 2.65. The van der Waals surface area contributed by atoms with Crippen molar-refractivity contribution in [1.82, 2.24) is 9.97 Å². The lowest BCUT2D eigenvalue weighted by Gasteiger charge is -2.22. The van der Waals surface area contributed by atoms with E-state index in [1.165, 1.54) is 4.88 Å². The minimum atomic E-state index is -0.600. The molecule has 0 spiro atoms. The lowest BCUT2D eigenvalue weighted by Crippen LogP contribution is -2.33. The number of nitrogen functional groups attached to an aromatic ring is 1. The quantitative estimate of drug-likeness (QED) is 0.802. The molecular weight excluding hydrogens is 260 g/mol. The van der Waals surface area contributed by atoms with Crippen LogP contribution in [0.5, 0.6) is 0 Å². The third-order valence-corrected chi connectivity index (χ3v) is 4.60. The van der Waals surface area contributed by atoms with Gasteiger partial charge in [0.2, 0.25) is 5.95 Å². The number of hydrogen-bond donors (Lipinski definition) is 3. The second-order valence-electron chi connectivity index (χ2n) is 5.29. The molecule has 1 fully saturated rings. The van der Waals surface area contributed by atoms with E-state index < -0.39 is 5.60 Å². The van der Waals surface area contributed by atoms with Crippen molar-refractivity contribution in [1.29, 1.82) is 0 Å². The molecule has 1 saturated carbocycles. The summed E-state index contributed by atoms with van der Waals surface area (Å²) in [6.45, 7) is 2.56. The standard InChI is InChI=1S/C13H18N4OS/c1-8-6-9-10(16-12(14)17-11(9)19-8)15-7-13(18)4-2-3-5-13/h6,18H,2-5,7H2,1H3,(H3,14,15,16,17). The number of nitrogens with zero attached hydrogens (tertiary/aromatic N) is 2. The van der Waals surface area contributed by atoms with E-state index in [2.05, 4.69) is 21.4 Å². The Balaban J connectivity index is 1.87. The topological polar surface area (TPSA) is 84.1 Å². The first-order valence-corrected chi connectivity index (χ1v) is 7.37. The van der Waals surface area contributed by atoms with E-state index in [1.807, 2.05) is 6.92 Å². The number of anilines is 2. The fraction of sp³-hybridized carbons (Fsp3) is 0.538. The van der Waals surface area contributed by atoms with Gasteiger partial charge in [0.05, 0.1) is 11.0 Å². The van der Waals surface area contributed by atoms with Gasteiger partial charge in [-0.15, -0.1) is 11.3 Å². The Morgan fingerprint density at radius 3 is 2.89 bits per heavy atom. The number of nitrogens with two attached hydrogens (primary N) is 1. The molecule has 0 aromatic carbocycles. The highest BCUT2D eigenvalue weighted by atomic mass is 32.1. The molecule has 0 bridgehead atoms. The van der Waals surface area contributed by atoms with Gasteiger partial charge in [-0.1, -0.05) is 12.8 Å². The summed E-state index contributed by atoms with van der Waals surface area (Å²) in [4.78, 5) is 10.6. The van der Waals surface area contributed by atoms with Crippen LogP contribution in [0.4, 0.5) is 11.8 Å². The van der Waals surface area contributed by atoms with Gasteiger partial charge in [-0.2, -0.15) is 4.98 Å². The second-order valence-corrected chi connectivity index (χ2v) is 6.53. The van der Waals surface area contributed by atoms with E-state index >= 15 is 0 Å². The highest BCUT2D eigenvalue weighted by Gasteiger charge is 2.31. The zero-order valence-corrected chi connectivity index (χ0v) is 11.8. The van der Waals surface area contributed by atoms with Crippen molar-refractivity contribution in [2.75, 3.05) is 17.6 Å². The van der Waals surface area contributed by atoms with Crippen LogP contribution in [0.25, 0.3) is 10.2 Å². The Hall–Kier alpha value is -1.40. The van der Waals surface area contributed by atoms with E-state index in [9.17, 15) is 5.11 Å². The van der Waals surface area contributed by atoms with Gasteiger partial charge in [-0.25, -0.2) is 4.98 Å². The smallest absolute Gasteiger partial charge is 0.223 e. The Morgan fingerprint density at radius 1 is 1.42 bits per heavy atom. The Labute approximate surface area is 115 Å². The maximum absolute atomic E-state index is 10.4. The number of rotatable bonds is 3. The van der Waals surface area contributed by atoms with Crippen LogP contribution in [-0.2, 0) is 0 Å². The van der Waals surface area contributed by atoms with Crippen LogP contribution >= 0.6 is 11.3 Å². The molecule has 102 valence electrons.